The molecule has 0 aromatic heterocycles. The van der Waals surface area contributed by atoms with E-state index in [1.807, 2.05) is 13.8 Å². The lowest BCUT2D eigenvalue weighted by molar-refractivity contribution is 0.491. The molecule has 0 radical (unpaired) electrons. The first-order chi connectivity index (χ1) is 2.73. The van der Waals surface area contributed by atoms with Crippen molar-refractivity contribution in [2.75, 3.05) is 6.66 Å². The molecular weight excluding hydrogens is 99.0 g/mol. The van der Waals surface area contributed by atoms with Gasteiger partial charge in [-0.1, -0.05) is 13.8 Å². The van der Waals surface area contributed by atoms with Gasteiger partial charge in [-0.3, -0.25) is 0 Å². The molecule has 0 heterocycles. The Balaban J connectivity index is 0. The van der Waals surface area contributed by atoms with Crippen molar-refractivity contribution in [2.24, 2.45) is 0 Å². The van der Waals surface area contributed by atoms with Gasteiger partial charge in [0.15, 0.2) is 8.38 Å². The molecule has 0 saturated carbocycles. The number of rotatable bonds is 0. The lowest BCUT2D eigenvalue weighted by Crippen LogP contribution is -1.52. The summed E-state index contributed by atoms with van der Waals surface area (Å²) >= 11 is 0. The van der Waals surface area contributed by atoms with E-state index in [1.165, 1.54) is 6.66 Å². The summed E-state index contributed by atoms with van der Waals surface area (Å²) in [6.45, 7) is 5.34. The molecule has 0 bridgehead atoms. The van der Waals surface area contributed by atoms with E-state index in [-0.39, 0.29) is 0 Å². The average Bonchev–Trinajstić information content (AvgIpc) is 1.41. The van der Waals surface area contributed by atoms with Crippen molar-refractivity contribution < 1.29 is 9.79 Å². The summed E-state index contributed by atoms with van der Waals surface area (Å²) in [5, 5.41) is 0. The predicted molar refractivity (Wildman–Crippen MR) is 28.6 cm³/mol. The molecule has 0 unspecified atom stereocenters. The molecule has 0 aliphatic carbocycles. The van der Waals surface area contributed by atoms with Gasteiger partial charge in [0.25, 0.3) is 0 Å². The van der Waals surface area contributed by atoms with E-state index in [0.717, 1.165) is 0 Å². The van der Waals surface area contributed by atoms with E-state index in [0.29, 0.717) is 0 Å². The van der Waals surface area contributed by atoms with Crippen LogP contribution in [0.25, 0.3) is 0 Å². The van der Waals surface area contributed by atoms with E-state index in [1.54, 1.807) is 0 Å². The Morgan fingerprint density at radius 3 is 1.17 bits per heavy atom. The van der Waals surface area contributed by atoms with Crippen molar-refractivity contribution >= 4 is 8.38 Å². The van der Waals surface area contributed by atoms with Gasteiger partial charge in [0.1, 0.15) is 0 Å². The summed E-state index contributed by atoms with van der Waals surface area (Å²) in [5.41, 5.74) is 0. The average molecular weight is 110 g/mol. The standard InChI is InChI=1S/C2H6.CH5O2P/c1-2;1-4(2)3/h1-2H3;2-3H,1H3. The third kappa shape index (κ3) is 399. The molecule has 0 rings (SSSR count). The molecule has 0 aliphatic rings. The fourth-order valence-electron chi connectivity index (χ4n) is 0. The second-order valence-corrected chi connectivity index (χ2v) is 1.47. The van der Waals surface area contributed by atoms with Crippen LogP contribution in [0.15, 0.2) is 0 Å². The quantitative estimate of drug-likeness (QED) is 0.455. The van der Waals surface area contributed by atoms with Gasteiger partial charge in [0.05, 0.1) is 0 Å². The maximum Gasteiger partial charge on any atom is 0.161 e. The van der Waals surface area contributed by atoms with Gasteiger partial charge in [-0.25, -0.2) is 0 Å². The van der Waals surface area contributed by atoms with Gasteiger partial charge in [0, 0.05) is 6.66 Å². The van der Waals surface area contributed by atoms with Gasteiger partial charge in [-0.05, 0) is 0 Å². The van der Waals surface area contributed by atoms with E-state index < -0.39 is 8.38 Å². The Labute approximate surface area is 39.7 Å². The van der Waals surface area contributed by atoms with Crippen molar-refractivity contribution in [1.82, 2.24) is 0 Å². The highest BCUT2D eigenvalue weighted by Gasteiger charge is 1.72. The summed E-state index contributed by atoms with van der Waals surface area (Å²) in [6.07, 6.45) is 0. The Morgan fingerprint density at radius 1 is 1.17 bits per heavy atom. The Hall–Kier alpha value is 0.350. The lowest BCUT2D eigenvalue weighted by atomic mass is 11.0. The molecule has 0 amide bonds. The zero-order valence-electron chi connectivity index (χ0n) is 4.34. The molecule has 3 heteroatoms. The molecule has 0 spiro atoms. The summed E-state index contributed by atoms with van der Waals surface area (Å²) in [5.74, 6) is 0. The largest absolute Gasteiger partial charge is 0.350 e. The SMILES string of the molecule is CC.CP(O)O. The molecule has 0 aromatic rings. The second-order valence-electron chi connectivity index (χ2n) is 0.489. The van der Waals surface area contributed by atoms with E-state index >= 15 is 0 Å². The van der Waals surface area contributed by atoms with Crippen molar-refractivity contribution in [1.29, 1.82) is 0 Å². The van der Waals surface area contributed by atoms with Crippen LogP contribution in [0.2, 0.25) is 0 Å². The number of hydrogen-bond donors (Lipinski definition) is 2. The Bertz CT molecular complexity index is 13.5. The third-order valence-corrected chi connectivity index (χ3v) is 0. The molecule has 0 aromatic carbocycles. The molecule has 0 aliphatic heterocycles. The molecule has 2 nitrogen and oxygen atoms in total. The van der Waals surface area contributed by atoms with Crippen molar-refractivity contribution in [2.45, 2.75) is 13.8 Å². The van der Waals surface area contributed by atoms with Crippen LogP contribution in [0.5, 0.6) is 0 Å². The first-order valence-electron chi connectivity index (χ1n) is 1.85. The third-order valence-electron chi connectivity index (χ3n) is 0. The van der Waals surface area contributed by atoms with Crippen molar-refractivity contribution in [3.05, 3.63) is 0 Å². The highest BCUT2D eigenvalue weighted by Crippen LogP contribution is 2.12. The van der Waals surface area contributed by atoms with Gasteiger partial charge in [0.2, 0.25) is 0 Å². The maximum absolute atomic E-state index is 7.68. The highest BCUT2D eigenvalue weighted by molar-refractivity contribution is 7.44. The summed E-state index contributed by atoms with van der Waals surface area (Å²) in [4.78, 5) is 15.4. The zero-order chi connectivity index (χ0) is 5.58. The maximum atomic E-state index is 7.68. The minimum Gasteiger partial charge on any atom is -0.350 e. The fraction of sp³-hybridized carbons (Fsp3) is 1.00. The molecular formula is C3H11O2P. The van der Waals surface area contributed by atoms with Gasteiger partial charge in [-0.15, -0.1) is 0 Å². The normalized spacial score (nSPS) is 7.00. The van der Waals surface area contributed by atoms with Crippen LogP contribution in [0.4, 0.5) is 0 Å². The number of hydrogen-bond acceptors (Lipinski definition) is 2. The predicted octanol–water partition coefficient (Wildman–Crippen LogP) is 0.939. The Kier molecular flexibility index (Phi) is 14.4. The molecule has 0 fully saturated rings. The van der Waals surface area contributed by atoms with Gasteiger partial charge >= 0.3 is 0 Å². The summed E-state index contributed by atoms with van der Waals surface area (Å²) in [7, 11) is -1.62. The molecule has 0 atom stereocenters. The lowest BCUT2D eigenvalue weighted by Gasteiger charge is -1.79. The molecule has 40 valence electrons. The summed E-state index contributed by atoms with van der Waals surface area (Å²) < 4.78 is 0. The fourth-order valence-corrected chi connectivity index (χ4v) is 0. The zero-order valence-corrected chi connectivity index (χ0v) is 5.24. The minimum atomic E-state index is -1.62. The van der Waals surface area contributed by atoms with E-state index in [9.17, 15) is 0 Å². The second kappa shape index (κ2) is 9.02. The van der Waals surface area contributed by atoms with Crippen LogP contribution in [-0.4, -0.2) is 16.5 Å². The van der Waals surface area contributed by atoms with Gasteiger partial charge < -0.3 is 9.79 Å². The van der Waals surface area contributed by atoms with Crippen LogP contribution < -0.4 is 0 Å². The monoisotopic (exact) mass is 110 g/mol. The van der Waals surface area contributed by atoms with Gasteiger partial charge in [-0.2, -0.15) is 0 Å². The van der Waals surface area contributed by atoms with E-state index in [2.05, 4.69) is 0 Å². The molecule has 2 N–H and O–H groups in total. The van der Waals surface area contributed by atoms with Crippen LogP contribution in [0.3, 0.4) is 0 Å². The Morgan fingerprint density at radius 2 is 1.17 bits per heavy atom. The first kappa shape index (κ1) is 9.61. The highest BCUT2D eigenvalue weighted by atomic mass is 31.2. The van der Waals surface area contributed by atoms with E-state index in [4.69, 9.17) is 9.79 Å². The smallest absolute Gasteiger partial charge is 0.161 e. The first-order valence-corrected chi connectivity index (χ1v) is 3.54. The molecule has 0 saturated heterocycles. The summed E-state index contributed by atoms with van der Waals surface area (Å²) in [6, 6.07) is 0. The topological polar surface area (TPSA) is 40.5 Å². The van der Waals surface area contributed by atoms with Crippen LogP contribution in [0, 0.1) is 0 Å². The minimum absolute atomic E-state index is 1.34. The van der Waals surface area contributed by atoms with Crippen LogP contribution in [0.1, 0.15) is 13.8 Å². The van der Waals surface area contributed by atoms with Crippen LogP contribution in [-0.2, 0) is 0 Å². The van der Waals surface area contributed by atoms with Crippen LogP contribution >= 0.6 is 8.38 Å². The van der Waals surface area contributed by atoms with Crippen molar-refractivity contribution in [3.8, 4) is 0 Å². The van der Waals surface area contributed by atoms with Crippen molar-refractivity contribution in [3.63, 3.8) is 0 Å². The molecule has 6 heavy (non-hydrogen) atoms.